The number of rotatable bonds is 3. The fourth-order valence-corrected chi connectivity index (χ4v) is 2.12. The lowest BCUT2D eigenvalue weighted by Crippen LogP contribution is -2.18. The third-order valence-electron chi connectivity index (χ3n) is 2.81. The molecule has 0 aliphatic carbocycles. The summed E-state index contributed by atoms with van der Waals surface area (Å²) < 4.78 is 18.9. The highest BCUT2D eigenvalue weighted by atomic mass is 19.1. The van der Waals surface area contributed by atoms with E-state index in [1.165, 1.54) is 12.1 Å². The van der Waals surface area contributed by atoms with Gasteiger partial charge in [-0.1, -0.05) is 0 Å². The van der Waals surface area contributed by atoms with Gasteiger partial charge in [0, 0.05) is 23.2 Å². The van der Waals surface area contributed by atoms with Crippen LogP contribution in [0.15, 0.2) is 18.2 Å². The molecular formula is C14H17FN2O. The zero-order valence-corrected chi connectivity index (χ0v) is 10.8. The van der Waals surface area contributed by atoms with Crippen molar-refractivity contribution in [2.45, 2.75) is 26.3 Å². The average molecular weight is 248 g/mol. The van der Waals surface area contributed by atoms with Crippen LogP contribution >= 0.6 is 0 Å². The summed E-state index contributed by atoms with van der Waals surface area (Å²) in [5.74, 6) is 0.352. The molecule has 1 aromatic carbocycles. The molecule has 2 rings (SSSR count). The van der Waals surface area contributed by atoms with Crippen molar-refractivity contribution in [2.75, 3.05) is 7.11 Å². The molecule has 1 aromatic heterocycles. The molecule has 0 fully saturated rings. The number of aromatic nitrogens is 1. The molecule has 0 aliphatic rings. The van der Waals surface area contributed by atoms with Crippen molar-refractivity contribution in [3.8, 4) is 5.75 Å². The number of methoxy groups -OCH3 is 1. The second-order valence-corrected chi connectivity index (χ2v) is 4.61. The normalized spacial score (nSPS) is 12.7. The highest BCUT2D eigenvalue weighted by Gasteiger charge is 2.12. The number of benzene rings is 1. The van der Waals surface area contributed by atoms with Gasteiger partial charge in [-0.15, -0.1) is 0 Å². The number of aryl methyl sites for hydroxylation is 1. The summed E-state index contributed by atoms with van der Waals surface area (Å²) in [6.07, 6.45) is 0.591. The Labute approximate surface area is 106 Å². The number of nitrogens with zero attached hydrogens (tertiary/aromatic N) is 1. The largest absolute Gasteiger partial charge is 0.496 e. The van der Waals surface area contributed by atoms with Gasteiger partial charge in [0.2, 0.25) is 0 Å². The van der Waals surface area contributed by atoms with Crippen LogP contribution in [-0.4, -0.2) is 18.1 Å². The summed E-state index contributed by atoms with van der Waals surface area (Å²) in [6, 6.07) is 4.71. The van der Waals surface area contributed by atoms with Crippen LogP contribution in [0.2, 0.25) is 0 Å². The number of ether oxygens (including phenoxy) is 1. The number of halogens is 1. The van der Waals surface area contributed by atoms with Crippen LogP contribution < -0.4 is 10.5 Å². The number of nitrogens with two attached hydrogens (primary N) is 1. The van der Waals surface area contributed by atoms with Gasteiger partial charge in [-0.3, -0.25) is 4.98 Å². The molecule has 0 spiro atoms. The van der Waals surface area contributed by atoms with Gasteiger partial charge in [-0.2, -0.15) is 0 Å². The fraction of sp³-hybridized carbons (Fsp3) is 0.357. The van der Waals surface area contributed by atoms with Crippen molar-refractivity contribution in [1.29, 1.82) is 0 Å². The molecule has 0 bridgehead atoms. The van der Waals surface area contributed by atoms with E-state index in [0.717, 1.165) is 16.8 Å². The fourth-order valence-electron chi connectivity index (χ4n) is 2.12. The maximum Gasteiger partial charge on any atom is 0.130 e. The lowest BCUT2D eigenvalue weighted by molar-refractivity contribution is 0.419. The summed E-state index contributed by atoms with van der Waals surface area (Å²) >= 11 is 0. The van der Waals surface area contributed by atoms with Crippen molar-refractivity contribution in [2.24, 2.45) is 5.73 Å². The molecule has 1 unspecified atom stereocenters. The molecule has 0 amide bonds. The van der Waals surface area contributed by atoms with E-state index < -0.39 is 0 Å². The van der Waals surface area contributed by atoms with Crippen molar-refractivity contribution in [3.05, 3.63) is 35.3 Å². The average Bonchev–Trinajstić information content (AvgIpc) is 2.28. The molecule has 96 valence electrons. The monoisotopic (exact) mass is 248 g/mol. The van der Waals surface area contributed by atoms with Crippen LogP contribution in [0.25, 0.3) is 10.9 Å². The van der Waals surface area contributed by atoms with Gasteiger partial charge in [-0.05, 0) is 38.0 Å². The third-order valence-corrected chi connectivity index (χ3v) is 2.81. The topological polar surface area (TPSA) is 48.1 Å². The Balaban J connectivity index is 2.74. The predicted molar refractivity (Wildman–Crippen MR) is 70.3 cm³/mol. The summed E-state index contributed by atoms with van der Waals surface area (Å²) in [5.41, 5.74) is 8.23. The Morgan fingerprint density at radius 2 is 2.11 bits per heavy atom. The standard InChI is InChI=1S/C14H17FN2O/c1-8(16)4-10-6-11(15)7-12-13(18-3)5-9(2)17-14(10)12/h5-8H,4,16H2,1-3H3. The van der Waals surface area contributed by atoms with E-state index >= 15 is 0 Å². The van der Waals surface area contributed by atoms with Crippen molar-refractivity contribution < 1.29 is 9.13 Å². The van der Waals surface area contributed by atoms with E-state index in [1.54, 1.807) is 13.2 Å². The van der Waals surface area contributed by atoms with Crippen LogP contribution in [0.5, 0.6) is 5.75 Å². The minimum Gasteiger partial charge on any atom is -0.496 e. The van der Waals surface area contributed by atoms with E-state index in [4.69, 9.17) is 10.5 Å². The number of fused-ring (bicyclic) bond motifs is 1. The van der Waals surface area contributed by atoms with E-state index in [-0.39, 0.29) is 11.9 Å². The van der Waals surface area contributed by atoms with E-state index in [0.29, 0.717) is 17.6 Å². The number of hydrogen-bond acceptors (Lipinski definition) is 3. The molecule has 0 saturated heterocycles. The highest BCUT2D eigenvalue weighted by molar-refractivity contribution is 5.88. The molecule has 3 nitrogen and oxygen atoms in total. The second-order valence-electron chi connectivity index (χ2n) is 4.61. The first kappa shape index (κ1) is 12.8. The molecular weight excluding hydrogens is 231 g/mol. The molecule has 2 aromatic rings. The minimum atomic E-state index is -0.290. The Morgan fingerprint density at radius 1 is 1.39 bits per heavy atom. The molecule has 1 heterocycles. The Bertz CT molecular complexity index is 582. The molecule has 4 heteroatoms. The van der Waals surface area contributed by atoms with Crippen molar-refractivity contribution in [3.63, 3.8) is 0 Å². The van der Waals surface area contributed by atoms with Crippen LogP contribution in [0.3, 0.4) is 0 Å². The van der Waals surface area contributed by atoms with Crippen LogP contribution in [-0.2, 0) is 6.42 Å². The summed E-state index contributed by atoms with van der Waals surface area (Å²) in [6.45, 7) is 3.78. The zero-order chi connectivity index (χ0) is 13.3. The molecule has 1 atom stereocenters. The summed E-state index contributed by atoms with van der Waals surface area (Å²) in [5, 5.41) is 0.693. The Hall–Kier alpha value is -1.68. The third kappa shape index (κ3) is 2.43. The molecule has 0 aliphatic heterocycles. The first-order chi connectivity index (χ1) is 8.51. The first-order valence-corrected chi connectivity index (χ1v) is 5.90. The molecule has 18 heavy (non-hydrogen) atoms. The predicted octanol–water partition coefficient (Wildman–Crippen LogP) is 2.58. The minimum absolute atomic E-state index is 0.0386. The van der Waals surface area contributed by atoms with Gasteiger partial charge >= 0.3 is 0 Å². The second kappa shape index (κ2) is 4.90. The summed E-state index contributed by atoms with van der Waals surface area (Å²) in [7, 11) is 1.57. The van der Waals surface area contributed by atoms with Gasteiger partial charge in [0.05, 0.1) is 12.6 Å². The molecule has 2 N–H and O–H groups in total. The SMILES string of the molecule is COc1cc(C)nc2c(CC(C)N)cc(F)cc12. The quantitative estimate of drug-likeness (QED) is 0.908. The van der Waals surface area contributed by atoms with Gasteiger partial charge in [0.1, 0.15) is 11.6 Å². The van der Waals surface area contributed by atoms with E-state index in [9.17, 15) is 4.39 Å². The Kier molecular flexibility index (Phi) is 3.48. The smallest absolute Gasteiger partial charge is 0.130 e. The van der Waals surface area contributed by atoms with Crippen LogP contribution in [0.4, 0.5) is 4.39 Å². The Morgan fingerprint density at radius 3 is 2.72 bits per heavy atom. The van der Waals surface area contributed by atoms with Crippen LogP contribution in [0.1, 0.15) is 18.2 Å². The maximum absolute atomic E-state index is 13.6. The number of hydrogen-bond donors (Lipinski definition) is 1. The van der Waals surface area contributed by atoms with Gasteiger partial charge in [-0.25, -0.2) is 4.39 Å². The van der Waals surface area contributed by atoms with E-state index in [1.807, 2.05) is 13.8 Å². The lowest BCUT2D eigenvalue weighted by atomic mass is 10.0. The maximum atomic E-state index is 13.6. The first-order valence-electron chi connectivity index (χ1n) is 5.90. The van der Waals surface area contributed by atoms with Crippen molar-refractivity contribution >= 4 is 10.9 Å². The summed E-state index contributed by atoms with van der Waals surface area (Å²) in [4.78, 5) is 4.48. The zero-order valence-electron chi connectivity index (χ0n) is 10.8. The molecule has 0 saturated carbocycles. The van der Waals surface area contributed by atoms with Gasteiger partial charge < -0.3 is 10.5 Å². The van der Waals surface area contributed by atoms with Gasteiger partial charge in [0.25, 0.3) is 0 Å². The lowest BCUT2D eigenvalue weighted by Gasteiger charge is -2.12. The highest BCUT2D eigenvalue weighted by Crippen LogP contribution is 2.29. The number of pyridine rings is 1. The van der Waals surface area contributed by atoms with Crippen LogP contribution in [0, 0.1) is 12.7 Å². The van der Waals surface area contributed by atoms with E-state index in [2.05, 4.69) is 4.98 Å². The van der Waals surface area contributed by atoms with Crippen molar-refractivity contribution in [1.82, 2.24) is 4.98 Å². The molecule has 0 radical (unpaired) electrons. The van der Waals surface area contributed by atoms with Gasteiger partial charge in [0.15, 0.2) is 0 Å².